The van der Waals surface area contributed by atoms with Crippen LogP contribution in [-0.4, -0.2) is 24.2 Å². The molecule has 1 fully saturated rings. The van der Waals surface area contributed by atoms with E-state index in [1.807, 2.05) is 6.07 Å². The largest absolute Gasteiger partial charge is 0.488 e. The molecule has 0 unspecified atom stereocenters. The van der Waals surface area contributed by atoms with Gasteiger partial charge in [-0.05, 0) is 25.0 Å². The van der Waals surface area contributed by atoms with Crippen LogP contribution in [0.15, 0.2) is 24.5 Å². The third-order valence-electron chi connectivity index (χ3n) is 2.67. The first kappa shape index (κ1) is 10.9. The minimum atomic E-state index is -0.0824. The number of carbonyl (C=O) groups excluding carboxylic acids is 1. The topological polar surface area (TPSA) is 48.4 Å². The minimum Gasteiger partial charge on any atom is -0.488 e. The van der Waals surface area contributed by atoms with E-state index >= 15 is 0 Å². The van der Waals surface area contributed by atoms with Crippen LogP contribution in [0.5, 0.6) is 5.75 Å². The molecule has 0 aromatic carbocycles. The number of hydrogen-bond donors (Lipinski definition) is 0. The van der Waals surface area contributed by atoms with Gasteiger partial charge >= 0.3 is 5.97 Å². The highest BCUT2D eigenvalue weighted by molar-refractivity contribution is 5.73. The average Bonchev–Trinajstić information content (AvgIpc) is 2.23. The van der Waals surface area contributed by atoms with E-state index in [0.29, 0.717) is 19.0 Å². The van der Waals surface area contributed by atoms with Crippen molar-refractivity contribution in [1.82, 2.24) is 4.98 Å². The number of esters is 1. The number of ether oxygens (including phenoxy) is 2. The fourth-order valence-corrected chi connectivity index (χ4v) is 1.50. The van der Waals surface area contributed by atoms with Gasteiger partial charge in [-0.2, -0.15) is 0 Å². The normalized spacial score (nSPS) is 15.2. The Morgan fingerprint density at radius 1 is 1.44 bits per heavy atom. The van der Waals surface area contributed by atoms with Crippen LogP contribution in [0.25, 0.3) is 0 Å². The van der Waals surface area contributed by atoms with Crippen molar-refractivity contribution >= 4 is 5.97 Å². The van der Waals surface area contributed by atoms with Crippen LogP contribution >= 0.6 is 0 Å². The SMILES string of the molecule is O=C(OCCOc1cccnc1)C1CCC1. The Labute approximate surface area is 94.6 Å². The van der Waals surface area contributed by atoms with Gasteiger partial charge in [-0.25, -0.2) is 0 Å². The van der Waals surface area contributed by atoms with Gasteiger partial charge in [0.05, 0.1) is 12.1 Å². The van der Waals surface area contributed by atoms with Crippen LogP contribution in [0.2, 0.25) is 0 Å². The maximum atomic E-state index is 11.3. The predicted molar refractivity (Wildman–Crippen MR) is 58.0 cm³/mol. The van der Waals surface area contributed by atoms with E-state index in [2.05, 4.69) is 4.98 Å². The molecule has 1 aromatic heterocycles. The number of pyridine rings is 1. The fraction of sp³-hybridized carbons (Fsp3) is 0.500. The van der Waals surface area contributed by atoms with Gasteiger partial charge in [-0.3, -0.25) is 9.78 Å². The highest BCUT2D eigenvalue weighted by atomic mass is 16.6. The molecule has 0 radical (unpaired) electrons. The van der Waals surface area contributed by atoms with E-state index in [1.165, 1.54) is 0 Å². The molecule has 0 spiro atoms. The van der Waals surface area contributed by atoms with Crippen LogP contribution in [-0.2, 0) is 9.53 Å². The summed E-state index contributed by atoms with van der Waals surface area (Å²) < 4.78 is 10.4. The van der Waals surface area contributed by atoms with E-state index in [1.54, 1.807) is 18.5 Å². The van der Waals surface area contributed by atoms with Gasteiger partial charge in [0.25, 0.3) is 0 Å². The Morgan fingerprint density at radius 3 is 2.94 bits per heavy atom. The molecule has 0 N–H and O–H groups in total. The lowest BCUT2D eigenvalue weighted by atomic mass is 9.86. The molecule has 86 valence electrons. The molecule has 0 saturated heterocycles. The zero-order valence-corrected chi connectivity index (χ0v) is 9.09. The van der Waals surface area contributed by atoms with Crippen molar-refractivity contribution in [3.8, 4) is 5.75 Å². The van der Waals surface area contributed by atoms with Crippen molar-refractivity contribution in [2.75, 3.05) is 13.2 Å². The van der Waals surface area contributed by atoms with Crippen LogP contribution in [0.3, 0.4) is 0 Å². The number of rotatable bonds is 5. The summed E-state index contributed by atoms with van der Waals surface area (Å²) in [5.41, 5.74) is 0. The molecule has 4 heteroatoms. The van der Waals surface area contributed by atoms with Gasteiger partial charge in [0.1, 0.15) is 19.0 Å². The number of nitrogens with zero attached hydrogens (tertiary/aromatic N) is 1. The van der Waals surface area contributed by atoms with E-state index in [4.69, 9.17) is 9.47 Å². The summed E-state index contributed by atoms with van der Waals surface area (Å²) in [4.78, 5) is 15.3. The third kappa shape index (κ3) is 2.95. The lowest BCUT2D eigenvalue weighted by Crippen LogP contribution is -2.25. The highest BCUT2D eigenvalue weighted by Gasteiger charge is 2.26. The molecule has 1 aliphatic rings. The maximum absolute atomic E-state index is 11.3. The smallest absolute Gasteiger partial charge is 0.309 e. The summed E-state index contributed by atoms with van der Waals surface area (Å²) in [6.07, 6.45) is 6.41. The second-order valence-corrected chi connectivity index (χ2v) is 3.83. The van der Waals surface area contributed by atoms with Crippen molar-refractivity contribution in [3.63, 3.8) is 0 Å². The Hall–Kier alpha value is -1.58. The number of aromatic nitrogens is 1. The third-order valence-corrected chi connectivity index (χ3v) is 2.67. The highest BCUT2D eigenvalue weighted by Crippen LogP contribution is 2.27. The average molecular weight is 221 g/mol. The summed E-state index contributed by atoms with van der Waals surface area (Å²) in [5.74, 6) is 0.752. The number of carbonyl (C=O) groups is 1. The van der Waals surface area contributed by atoms with E-state index in [-0.39, 0.29) is 11.9 Å². The first-order valence-corrected chi connectivity index (χ1v) is 5.56. The zero-order valence-electron chi connectivity index (χ0n) is 9.09. The molecule has 0 bridgehead atoms. The van der Waals surface area contributed by atoms with Crippen LogP contribution in [0.4, 0.5) is 0 Å². The lowest BCUT2D eigenvalue weighted by Gasteiger charge is -2.22. The first-order chi connectivity index (χ1) is 7.86. The molecule has 16 heavy (non-hydrogen) atoms. The van der Waals surface area contributed by atoms with Gasteiger partial charge in [0.2, 0.25) is 0 Å². The van der Waals surface area contributed by atoms with Crippen molar-refractivity contribution < 1.29 is 14.3 Å². The quantitative estimate of drug-likeness (QED) is 0.562. The van der Waals surface area contributed by atoms with Crippen molar-refractivity contribution in [2.45, 2.75) is 19.3 Å². The summed E-state index contributed by atoms with van der Waals surface area (Å²) >= 11 is 0. The summed E-state index contributed by atoms with van der Waals surface area (Å²) in [6.45, 7) is 0.689. The van der Waals surface area contributed by atoms with Crippen molar-refractivity contribution in [2.24, 2.45) is 5.92 Å². The summed E-state index contributed by atoms with van der Waals surface area (Å²) in [7, 11) is 0. The van der Waals surface area contributed by atoms with E-state index in [9.17, 15) is 4.79 Å². The number of hydrogen-bond acceptors (Lipinski definition) is 4. The Bertz CT molecular complexity index is 335. The Morgan fingerprint density at radius 2 is 2.31 bits per heavy atom. The molecule has 1 aliphatic carbocycles. The molecule has 0 amide bonds. The molecule has 0 atom stereocenters. The molecule has 4 nitrogen and oxygen atoms in total. The summed E-state index contributed by atoms with van der Waals surface area (Å²) in [6, 6.07) is 3.62. The maximum Gasteiger partial charge on any atom is 0.309 e. The van der Waals surface area contributed by atoms with Gasteiger partial charge < -0.3 is 9.47 Å². The monoisotopic (exact) mass is 221 g/mol. The van der Waals surface area contributed by atoms with Crippen molar-refractivity contribution in [1.29, 1.82) is 0 Å². The van der Waals surface area contributed by atoms with Crippen molar-refractivity contribution in [3.05, 3.63) is 24.5 Å². The van der Waals surface area contributed by atoms with Crippen LogP contribution in [0.1, 0.15) is 19.3 Å². The second kappa shape index (κ2) is 5.49. The summed E-state index contributed by atoms with van der Waals surface area (Å²) in [5, 5.41) is 0. The molecular weight excluding hydrogens is 206 g/mol. The van der Waals surface area contributed by atoms with Gasteiger partial charge in [0.15, 0.2) is 0 Å². The first-order valence-electron chi connectivity index (χ1n) is 5.56. The molecule has 1 saturated carbocycles. The Kier molecular flexibility index (Phi) is 3.75. The predicted octanol–water partition coefficient (Wildman–Crippen LogP) is 1.80. The molecule has 1 aromatic rings. The molecule has 0 aliphatic heterocycles. The van der Waals surface area contributed by atoms with E-state index in [0.717, 1.165) is 19.3 Å². The van der Waals surface area contributed by atoms with Crippen LogP contribution in [0, 0.1) is 5.92 Å². The second-order valence-electron chi connectivity index (χ2n) is 3.83. The lowest BCUT2D eigenvalue weighted by molar-refractivity contribution is -0.152. The Balaban J connectivity index is 1.60. The molecule has 2 rings (SSSR count). The van der Waals surface area contributed by atoms with Gasteiger partial charge in [0, 0.05) is 6.20 Å². The van der Waals surface area contributed by atoms with Crippen LogP contribution < -0.4 is 4.74 Å². The molecule has 1 heterocycles. The molecular formula is C12H15NO3. The van der Waals surface area contributed by atoms with Gasteiger partial charge in [-0.1, -0.05) is 6.42 Å². The standard InChI is InChI=1S/C12H15NO3/c14-12(10-3-1-4-10)16-8-7-15-11-5-2-6-13-9-11/h2,5-6,9-10H,1,3-4,7-8H2. The van der Waals surface area contributed by atoms with Gasteiger partial charge in [-0.15, -0.1) is 0 Å². The van der Waals surface area contributed by atoms with E-state index < -0.39 is 0 Å². The zero-order chi connectivity index (χ0) is 11.2. The minimum absolute atomic E-state index is 0.0824. The fourth-order valence-electron chi connectivity index (χ4n) is 1.50.